The maximum atomic E-state index is 8.87. The minimum atomic E-state index is 0.672. The molecule has 3 aromatic heterocycles. The van der Waals surface area contributed by atoms with Gasteiger partial charge in [-0.25, -0.2) is 4.98 Å². The van der Waals surface area contributed by atoms with E-state index in [4.69, 9.17) is 5.26 Å². The maximum absolute atomic E-state index is 8.87. The highest BCUT2D eigenvalue weighted by atomic mass is 14.9. The number of nitriles is 1. The van der Waals surface area contributed by atoms with Crippen LogP contribution in [0, 0.1) is 11.3 Å². The highest BCUT2D eigenvalue weighted by molar-refractivity contribution is 5.53. The number of aromatic nitrogens is 4. The van der Waals surface area contributed by atoms with Crippen molar-refractivity contribution in [3.05, 3.63) is 101 Å². The second kappa shape index (κ2) is 7.63. The minimum Gasteiger partial charge on any atom is -0.345 e. The topological polar surface area (TPSA) is 78.2 Å². The number of nitrogens with zero attached hydrogens (tertiary/aromatic N) is 4. The van der Waals surface area contributed by atoms with E-state index in [9.17, 15) is 0 Å². The minimum absolute atomic E-state index is 0.672. The largest absolute Gasteiger partial charge is 0.345 e. The highest BCUT2D eigenvalue weighted by Gasteiger charge is 2.05. The third-order valence-corrected chi connectivity index (χ3v) is 4.28. The van der Waals surface area contributed by atoms with Crippen LogP contribution in [0.2, 0.25) is 0 Å². The molecule has 0 unspecified atom stereocenters. The molecule has 0 saturated carbocycles. The summed E-state index contributed by atoms with van der Waals surface area (Å²) < 4.78 is 0. The number of imidazole rings is 1. The molecule has 0 radical (unpaired) electrons. The molecule has 0 spiro atoms. The van der Waals surface area contributed by atoms with Gasteiger partial charge in [-0.05, 0) is 41.5 Å². The van der Waals surface area contributed by atoms with E-state index in [1.807, 2.05) is 60.9 Å². The molecule has 1 N–H and O–H groups in total. The predicted octanol–water partition coefficient (Wildman–Crippen LogP) is 3.92. The third-order valence-electron chi connectivity index (χ3n) is 4.28. The smallest absolute Gasteiger partial charge is 0.110 e. The fraction of sp³-hybridized carbons (Fsp3) is 0.0909. The second-order valence-electron chi connectivity index (χ2n) is 6.28. The van der Waals surface area contributed by atoms with E-state index in [1.165, 1.54) is 0 Å². The zero-order valence-electron chi connectivity index (χ0n) is 14.6. The van der Waals surface area contributed by atoms with Crippen molar-refractivity contribution in [2.45, 2.75) is 12.8 Å². The van der Waals surface area contributed by atoms with Gasteiger partial charge in [-0.3, -0.25) is 9.97 Å². The summed E-state index contributed by atoms with van der Waals surface area (Å²) in [6.45, 7) is 0. The van der Waals surface area contributed by atoms with Crippen LogP contribution < -0.4 is 0 Å². The molecule has 0 atom stereocenters. The monoisotopic (exact) mass is 351 g/mol. The summed E-state index contributed by atoms with van der Waals surface area (Å²) in [6, 6.07) is 19.6. The van der Waals surface area contributed by atoms with E-state index < -0.39 is 0 Å². The van der Waals surface area contributed by atoms with Gasteiger partial charge in [0.05, 0.1) is 23.0 Å². The van der Waals surface area contributed by atoms with E-state index in [0.29, 0.717) is 12.0 Å². The summed E-state index contributed by atoms with van der Waals surface area (Å²) in [5.41, 5.74) is 5.69. The molecule has 4 rings (SSSR count). The summed E-state index contributed by atoms with van der Waals surface area (Å²) >= 11 is 0. The van der Waals surface area contributed by atoms with Gasteiger partial charge in [0, 0.05) is 37.1 Å². The van der Waals surface area contributed by atoms with E-state index in [1.54, 1.807) is 6.20 Å². The Morgan fingerprint density at radius 3 is 2.30 bits per heavy atom. The first kappa shape index (κ1) is 16.7. The lowest BCUT2D eigenvalue weighted by Gasteiger charge is -2.02. The Kier molecular flexibility index (Phi) is 4.71. The Morgan fingerprint density at radius 2 is 1.59 bits per heavy atom. The lowest BCUT2D eigenvalue weighted by molar-refractivity contribution is 0.992. The predicted molar refractivity (Wildman–Crippen MR) is 103 cm³/mol. The Labute approximate surface area is 157 Å². The molecule has 0 saturated heterocycles. The number of rotatable bonds is 5. The van der Waals surface area contributed by atoms with Crippen molar-refractivity contribution in [2.24, 2.45) is 0 Å². The number of benzene rings is 1. The molecule has 0 fully saturated rings. The summed E-state index contributed by atoms with van der Waals surface area (Å²) in [5, 5.41) is 8.87. The van der Waals surface area contributed by atoms with Gasteiger partial charge in [-0.1, -0.05) is 24.3 Å². The molecule has 1 aromatic carbocycles. The zero-order valence-corrected chi connectivity index (χ0v) is 14.6. The number of pyridine rings is 2. The van der Waals surface area contributed by atoms with Crippen molar-refractivity contribution >= 4 is 0 Å². The van der Waals surface area contributed by atoms with Crippen LogP contribution in [-0.4, -0.2) is 19.9 Å². The van der Waals surface area contributed by atoms with Gasteiger partial charge in [0.2, 0.25) is 0 Å². The molecular formula is C22H17N5. The SMILES string of the molecule is N#Cc1ccc(Cc2cnc(Cc3ccc(-c4ccccn4)nc3)[nH]2)cc1. The fourth-order valence-corrected chi connectivity index (χ4v) is 2.89. The van der Waals surface area contributed by atoms with Gasteiger partial charge in [-0.15, -0.1) is 0 Å². The number of hydrogen-bond donors (Lipinski definition) is 1. The normalized spacial score (nSPS) is 10.5. The van der Waals surface area contributed by atoms with Crippen LogP contribution in [0.25, 0.3) is 11.4 Å². The molecule has 27 heavy (non-hydrogen) atoms. The third kappa shape index (κ3) is 4.07. The molecule has 0 bridgehead atoms. The van der Waals surface area contributed by atoms with Crippen LogP contribution in [0.15, 0.2) is 73.2 Å². The molecule has 0 amide bonds. The lowest BCUT2D eigenvalue weighted by Crippen LogP contribution is -1.94. The van der Waals surface area contributed by atoms with Gasteiger partial charge in [0.1, 0.15) is 5.82 Å². The summed E-state index contributed by atoms with van der Waals surface area (Å²) in [7, 11) is 0. The van der Waals surface area contributed by atoms with Crippen molar-refractivity contribution in [3.8, 4) is 17.5 Å². The highest BCUT2D eigenvalue weighted by Crippen LogP contribution is 2.15. The molecule has 5 nitrogen and oxygen atoms in total. The Morgan fingerprint density at radius 1 is 0.778 bits per heavy atom. The summed E-state index contributed by atoms with van der Waals surface area (Å²) in [4.78, 5) is 16.7. The van der Waals surface area contributed by atoms with Crippen molar-refractivity contribution in [1.82, 2.24) is 19.9 Å². The standard InChI is InChI=1S/C22H17N5/c23-13-17-6-4-16(5-7-17)11-19-15-26-22(27-19)12-18-8-9-21(25-14-18)20-3-1-2-10-24-20/h1-10,14-15H,11-12H2,(H,26,27). The van der Waals surface area contributed by atoms with Gasteiger partial charge in [0.15, 0.2) is 0 Å². The van der Waals surface area contributed by atoms with Crippen LogP contribution in [-0.2, 0) is 12.8 Å². The maximum Gasteiger partial charge on any atom is 0.110 e. The Hall–Kier alpha value is -3.78. The second-order valence-corrected chi connectivity index (χ2v) is 6.28. The molecule has 130 valence electrons. The summed E-state index contributed by atoms with van der Waals surface area (Å²) in [6.07, 6.45) is 6.96. The molecule has 3 heterocycles. The van der Waals surface area contributed by atoms with Crippen LogP contribution >= 0.6 is 0 Å². The van der Waals surface area contributed by atoms with Crippen LogP contribution in [0.3, 0.4) is 0 Å². The molecule has 5 heteroatoms. The molecule has 0 aliphatic carbocycles. The van der Waals surface area contributed by atoms with Gasteiger partial charge in [-0.2, -0.15) is 5.26 Å². The number of H-pyrrole nitrogens is 1. The molecule has 0 aliphatic heterocycles. The molecular weight excluding hydrogens is 334 g/mol. The molecule has 0 aliphatic rings. The first-order valence-corrected chi connectivity index (χ1v) is 8.68. The van der Waals surface area contributed by atoms with Gasteiger partial charge < -0.3 is 4.98 Å². The Bertz CT molecular complexity index is 1060. The van der Waals surface area contributed by atoms with Crippen molar-refractivity contribution in [2.75, 3.05) is 0 Å². The number of aromatic amines is 1. The lowest BCUT2D eigenvalue weighted by atomic mass is 10.1. The average molecular weight is 351 g/mol. The summed E-state index contributed by atoms with van der Waals surface area (Å²) in [5.74, 6) is 0.908. The first-order chi connectivity index (χ1) is 13.3. The number of nitrogens with one attached hydrogen (secondary N) is 1. The van der Waals surface area contributed by atoms with E-state index in [0.717, 1.165) is 40.5 Å². The van der Waals surface area contributed by atoms with E-state index in [2.05, 4.69) is 32.1 Å². The van der Waals surface area contributed by atoms with Crippen LogP contribution in [0.1, 0.15) is 28.2 Å². The quantitative estimate of drug-likeness (QED) is 0.591. The van der Waals surface area contributed by atoms with E-state index >= 15 is 0 Å². The zero-order chi connectivity index (χ0) is 18.5. The number of hydrogen-bond acceptors (Lipinski definition) is 4. The fourth-order valence-electron chi connectivity index (χ4n) is 2.89. The van der Waals surface area contributed by atoms with E-state index in [-0.39, 0.29) is 0 Å². The van der Waals surface area contributed by atoms with Crippen LogP contribution in [0.4, 0.5) is 0 Å². The van der Waals surface area contributed by atoms with Gasteiger partial charge in [0.25, 0.3) is 0 Å². The van der Waals surface area contributed by atoms with Crippen molar-refractivity contribution in [3.63, 3.8) is 0 Å². The Balaban J connectivity index is 1.42. The first-order valence-electron chi connectivity index (χ1n) is 8.68. The van der Waals surface area contributed by atoms with Crippen molar-refractivity contribution < 1.29 is 0 Å². The average Bonchev–Trinajstić information content (AvgIpc) is 3.16. The molecule has 4 aromatic rings. The van der Waals surface area contributed by atoms with Gasteiger partial charge >= 0.3 is 0 Å². The van der Waals surface area contributed by atoms with Crippen LogP contribution in [0.5, 0.6) is 0 Å². The van der Waals surface area contributed by atoms with Crippen molar-refractivity contribution in [1.29, 1.82) is 5.26 Å².